The molecular weight excluding hydrogens is 326 g/mol. The van der Waals surface area contributed by atoms with Crippen molar-refractivity contribution in [3.05, 3.63) is 23.8 Å². The maximum atomic E-state index is 12.8. The fraction of sp³-hybridized carbons (Fsp3) is 0.682. The van der Waals surface area contributed by atoms with Crippen molar-refractivity contribution in [1.82, 2.24) is 5.32 Å². The van der Waals surface area contributed by atoms with Gasteiger partial charge in [0.15, 0.2) is 11.5 Å². The van der Waals surface area contributed by atoms with Gasteiger partial charge >= 0.3 is 0 Å². The lowest BCUT2D eigenvalue weighted by Gasteiger charge is -2.36. The van der Waals surface area contributed by atoms with Crippen LogP contribution >= 0.6 is 0 Å². The first-order chi connectivity index (χ1) is 12.5. The fourth-order valence-corrected chi connectivity index (χ4v) is 4.11. The lowest BCUT2D eigenvalue weighted by molar-refractivity contribution is -0.129. The third-order valence-corrected chi connectivity index (χ3v) is 5.60. The third-order valence-electron chi connectivity index (χ3n) is 5.60. The minimum Gasteiger partial charge on any atom is -0.493 e. The molecule has 146 valence electrons. The normalized spacial score (nSPS) is 22.9. The number of carbonyl (C=O) groups is 1. The number of hydrogen-bond donors (Lipinski definition) is 1. The second kappa shape index (κ2) is 9.84. The maximum absolute atomic E-state index is 12.8. The minimum absolute atomic E-state index is 0.161. The molecule has 4 heteroatoms. The van der Waals surface area contributed by atoms with Crippen LogP contribution in [0.5, 0.6) is 11.5 Å². The largest absolute Gasteiger partial charge is 0.493 e. The first-order valence-corrected chi connectivity index (χ1v) is 10.0. The zero-order chi connectivity index (χ0) is 19.1. The van der Waals surface area contributed by atoms with E-state index in [1.165, 1.54) is 12.8 Å². The molecule has 26 heavy (non-hydrogen) atoms. The second-order valence-corrected chi connectivity index (χ2v) is 7.89. The van der Waals surface area contributed by atoms with Crippen LogP contribution in [-0.2, 0) is 11.2 Å². The maximum Gasteiger partial charge on any atom is 0.223 e. The Bertz CT molecular complexity index is 585. The molecule has 0 saturated heterocycles. The van der Waals surface area contributed by atoms with E-state index in [2.05, 4.69) is 26.1 Å². The smallest absolute Gasteiger partial charge is 0.223 e. The highest BCUT2D eigenvalue weighted by Crippen LogP contribution is 2.38. The molecular formula is C22H35NO3. The van der Waals surface area contributed by atoms with E-state index >= 15 is 0 Å². The van der Waals surface area contributed by atoms with Crippen LogP contribution in [0.2, 0.25) is 0 Å². The Morgan fingerprint density at radius 2 is 2.04 bits per heavy atom. The molecule has 0 unspecified atom stereocenters. The molecule has 1 aromatic rings. The highest BCUT2D eigenvalue weighted by Gasteiger charge is 2.35. The predicted molar refractivity (Wildman–Crippen MR) is 106 cm³/mol. The lowest BCUT2D eigenvalue weighted by Crippen LogP contribution is -2.40. The number of rotatable bonds is 8. The predicted octanol–water partition coefficient (Wildman–Crippen LogP) is 4.46. The van der Waals surface area contributed by atoms with Gasteiger partial charge in [-0.3, -0.25) is 4.79 Å². The van der Waals surface area contributed by atoms with Gasteiger partial charge in [0.05, 0.1) is 13.7 Å². The molecule has 3 atom stereocenters. The summed E-state index contributed by atoms with van der Waals surface area (Å²) in [6.45, 7) is 9.98. The summed E-state index contributed by atoms with van der Waals surface area (Å²) < 4.78 is 11.0. The quantitative estimate of drug-likeness (QED) is 0.743. The van der Waals surface area contributed by atoms with Crippen molar-refractivity contribution in [1.29, 1.82) is 0 Å². The highest BCUT2D eigenvalue weighted by atomic mass is 16.5. The van der Waals surface area contributed by atoms with E-state index < -0.39 is 0 Å². The Labute approximate surface area is 158 Å². The number of carbonyl (C=O) groups excluding carboxylic acids is 1. The number of amides is 1. The Morgan fingerprint density at radius 3 is 2.69 bits per heavy atom. The molecule has 1 N–H and O–H groups in total. The molecule has 1 aromatic carbocycles. The summed E-state index contributed by atoms with van der Waals surface area (Å²) in [6.07, 6.45) is 4.24. The molecule has 0 heterocycles. The number of hydrogen-bond acceptors (Lipinski definition) is 3. The van der Waals surface area contributed by atoms with E-state index in [0.29, 0.717) is 30.9 Å². The van der Waals surface area contributed by atoms with Gasteiger partial charge in [0.25, 0.3) is 0 Å². The van der Waals surface area contributed by atoms with Gasteiger partial charge in [-0.1, -0.05) is 33.3 Å². The first kappa shape index (κ1) is 20.6. The molecule has 0 aliphatic heterocycles. The summed E-state index contributed by atoms with van der Waals surface area (Å²) in [6, 6.07) is 5.98. The summed E-state index contributed by atoms with van der Waals surface area (Å²) in [5.41, 5.74) is 1.14. The third kappa shape index (κ3) is 5.39. The summed E-state index contributed by atoms with van der Waals surface area (Å²) in [5.74, 6) is 3.62. The molecule has 1 amide bonds. The summed E-state index contributed by atoms with van der Waals surface area (Å²) >= 11 is 0. The fourth-order valence-electron chi connectivity index (χ4n) is 4.11. The summed E-state index contributed by atoms with van der Waals surface area (Å²) in [7, 11) is 1.65. The zero-order valence-electron chi connectivity index (χ0n) is 17.0. The van der Waals surface area contributed by atoms with E-state index in [4.69, 9.17) is 9.47 Å². The van der Waals surface area contributed by atoms with Crippen LogP contribution in [0.15, 0.2) is 18.2 Å². The molecule has 1 saturated carbocycles. The zero-order valence-corrected chi connectivity index (χ0v) is 17.0. The van der Waals surface area contributed by atoms with E-state index in [1.807, 2.05) is 25.1 Å². The molecule has 4 nitrogen and oxygen atoms in total. The van der Waals surface area contributed by atoms with Crippen LogP contribution in [-0.4, -0.2) is 26.2 Å². The highest BCUT2D eigenvalue weighted by molar-refractivity contribution is 5.79. The Morgan fingerprint density at radius 1 is 1.27 bits per heavy atom. The van der Waals surface area contributed by atoms with Gasteiger partial charge in [0.1, 0.15) is 0 Å². The van der Waals surface area contributed by atoms with Crippen LogP contribution in [0.3, 0.4) is 0 Å². The van der Waals surface area contributed by atoms with Gasteiger partial charge in [-0.25, -0.2) is 0 Å². The number of methoxy groups -OCH3 is 1. The van der Waals surface area contributed by atoms with Gasteiger partial charge < -0.3 is 14.8 Å². The van der Waals surface area contributed by atoms with Crippen molar-refractivity contribution in [2.45, 2.75) is 53.4 Å². The van der Waals surface area contributed by atoms with Crippen LogP contribution in [0.25, 0.3) is 0 Å². The van der Waals surface area contributed by atoms with Crippen molar-refractivity contribution in [3.63, 3.8) is 0 Å². The Kier molecular flexibility index (Phi) is 7.80. The van der Waals surface area contributed by atoms with E-state index in [9.17, 15) is 4.79 Å². The number of nitrogens with one attached hydrogen (secondary N) is 1. The van der Waals surface area contributed by atoms with E-state index in [0.717, 1.165) is 29.9 Å². The standard InChI is InChI=1S/C22H35NO3/c1-6-26-20-10-8-17(14-21(20)25-5)11-12-23-22(24)19-13-16(4)7-9-18(19)15(2)3/h8,10,14-16,18-19H,6-7,9,11-13H2,1-5H3,(H,23,24)/t16-,18+,19-/m1/s1. The molecule has 0 bridgehead atoms. The molecule has 1 fully saturated rings. The minimum atomic E-state index is 0.161. The number of benzene rings is 1. The van der Waals surface area contributed by atoms with Crippen LogP contribution in [0, 0.1) is 23.7 Å². The molecule has 0 radical (unpaired) electrons. The molecule has 0 aromatic heterocycles. The van der Waals surface area contributed by atoms with Gasteiger partial charge in [0, 0.05) is 12.5 Å². The van der Waals surface area contributed by atoms with Crippen molar-refractivity contribution in [3.8, 4) is 11.5 Å². The van der Waals surface area contributed by atoms with Crippen LogP contribution in [0.1, 0.15) is 52.5 Å². The van der Waals surface area contributed by atoms with Crippen molar-refractivity contribution in [2.24, 2.45) is 23.7 Å². The van der Waals surface area contributed by atoms with Crippen LogP contribution in [0.4, 0.5) is 0 Å². The van der Waals surface area contributed by atoms with E-state index in [1.54, 1.807) is 7.11 Å². The van der Waals surface area contributed by atoms with Crippen molar-refractivity contribution < 1.29 is 14.3 Å². The Balaban J connectivity index is 1.91. The lowest BCUT2D eigenvalue weighted by atomic mass is 9.70. The molecule has 1 aliphatic rings. The van der Waals surface area contributed by atoms with E-state index in [-0.39, 0.29) is 11.8 Å². The van der Waals surface area contributed by atoms with Crippen molar-refractivity contribution in [2.75, 3.05) is 20.3 Å². The van der Waals surface area contributed by atoms with Gasteiger partial charge in [-0.15, -0.1) is 0 Å². The second-order valence-electron chi connectivity index (χ2n) is 7.89. The average molecular weight is 362 g/mol. The van der Waals surface area contributed by atoms with Crippen molar-refractivity contribution >= 4 is 5.91 Å². The Hall–Kier alpha value is -1.71. The molecule has 0 spiro atoms. The van der Waals surface area contributed by atoms with Crippen LogP contribution < -0.4 is 14.8 Å². The summed E-state index contributed by atoms with van der Waals surface area (Å²) in [5, 5.41) is 3.17. The molecule has 1 aliphatic carbocycles. The van der Waals surface area contributed by atoms with Gasteiger partial charge in [-0.05, 0) is 61.6 Å². The summed E-state index contributed by atoms with van der Waals surface area (Å²) in [4.78, 5) is 12.8. The van der Waals surface area contributed by atoms with Gasteiger partial charge in [-0.2, -0.15) is 0 Å². The SMILES string of the molecule is CCOc1ccc(CCNC(=O)[C@@H]2C[C@H](C)CC[C@H]2C(C)C)cc1OC. The molecule has 2 rings (SSSR count). The topological polar surface area (TPSA) is 47.6 Å². The first-order valence-electron chi connectivity index (χ1n) is 10.0. The van der Waals surface area contributed by atoms with Gasteiger partial charge in [0.2, 0.25) is 5.91 Å². The monoisotopic (exact) mass is 361 g/mol. The average Bonchev–Trinajstić information content (AvgIpc) is 2.62. The number of ether oxygens (including phenoxy) is 2.